The maximum absolute atomic E-state index is 12.8. The smallest absolute Gasteiger partial charge is 0.273 e. The van der Waals surface area contributed by atoms with E-state index in [4.69, 9.17) is 4.74 Å². The summed E-state index contributed by atoms with van der Waals surface area (Å²) in [5, 5.41) is 10.9. The van der Waals surface area contributed by atoms with Gasteiger partial charge in [0.05, 0.1) is 24.4 Å². The van der Waals surface area contributed by atoms with Gasteiger partial charge in [-0.2, -0.15) is 0 Å². The van der Waals surface area contributed by atoms with E-state index in [1.54, 1.807) is 19.4 Å². The van der Waals surface area contributed by atoms with Crippen molar-refractivity contribution in [3.05, 3.63) is 76.9 Å². The van der Waals surface area contributed by atoms with Crippen LogP contribution in [-0.2, 0) is 10.0 Å². The molecule has 0 aliphatic rings. The molecule has 2 aromatic carbocycles. The van der Waals surface area contributed by atoms with Crippen LogP contribution in [0.25, 0.3) is 5.69 Å². The molecule has 1 N–H and O–H groups in total. The normalized spacial score (nSPS) is 12.5. The Hall–Kier alpha value is -3.24. The summed E-state index contributed by atoms with van der Waals surface area (Å²) in [6.07, 6.45) is 5.15. The van der Waals surface area contributed by atoms with Crippen molar-refractivity contribution in [2.24, 2.45) is 0 Å². The topological polar surface area (TPSA) is 116 Å². The summed E-state index contributed by atoms with van der Waals surface area (Å²) in [5.41, 5.74) is 1.40. The second kappa shape index (κ2) is 7.79. The number of ether oxygens (including phenoxy) is 1. The zero-order chi connectivity index (χ0) is 20.3. The van der Waals surface area contributed by atoms with Gasteiger partial charge in [0.25, 0.3) is 5.69 Å². The molecular weight excluding hydrogens is 384 g/mol. The first-order valence-electron chi connectivity index (χ1n) is 8.25. The molecule has 9 nitrogen and oxygen atoms in total. The van der Waals surface area contributed by atoms with Crippen LogP contribution in [0.2, 0.25) is 0 Å². The van der Waals surface area contributed by atoms with E-state index in [0.717, 1.165) is 29.4 Å². The molecule has 0 saturated carbocycles. The van der Waals surface area contributed by atoms with Crippen molar-refractivity contribution in [3.63, 3.8) is 0 Å². The predicted molar refractivity (Wildman–Crippen MR) is 102 cm³/mol. The first-order valence-corrected chi connectivity index (χ1v) is 9.73. The van der Waals surface area contributed by atoms with E-state index in [1.807, 2.05) is 35.0 Å². The van der Waals surface area contributed by atoms with E-state index in [0.29, 0.717) is 0 Å². The monoisotopic (exact) mass is 402 g/mol. The third-order valence-electron chi connectivity index (χ3n) is 4.18. The molecule has 0 amide bonds. The van der Waals surface area contributed by atoms with Crippen LogP contribution in [0.15, 0.2) is 66.1 Å². The molecule has 0 aliphatic heterocycles. The van der Waals surface area contributed by atoms with Gasteiger partial charge in [-0.25, -0.2) is 18.1 Å². The lowest BCUT2D eigenvalue weighted by molar-refractivity contribution is -0.385. The van der Waals surface area contributed by atoms with E-state index in [-0.39, 0.29) is 16.3 Å². The molecule has 146 valence electrons. The van der Waals surface area contributed by atoms with Gasteiger partial charge in [0, 0.05) is 30.2 Å². The van der Waals surface area contributed by atoms with Crippen LogP contribution in [0.4, 0.5) is 5.69 Å². The van der Waals surface area contributed by atoms with Crippen LogP contribution in [0.3, 0.4) is 0 Å². The molecule has 28 heavy (non-hydrogen) atoms. The molecule has 0 bridgehead atoms. The molecule has 0 saturated heterocycles. The molecular formula is C18H18N4O5S. The van der Waals surface area contributed by atoms with Crippen LogP contribution < -0.4 is 9.46 Å². The van der Waals surface area contributed by atoms with Crippen molar-refractivity contribution in [1.82, 2.24) is 14.3 Å². The van der Waals surface area contributed by atoms with Crippen molar-refractivity contribution < 1.29 is 18.1 Å². The summed E-state index contributed by atoms with van der Waals surface area (Å²) < 4.78 is 35.0. The van der Waals surface area contributed by atoms with Crippen LogP contribution in [0.5, 0.6) is 5.75 Å². The SMILES string of the molecule is COc1cc([N+](=O)[O-])ccc1S(=O)(=O)NC(C)c1ccc(-n2ccnc2)cc1. The summed E-state index contributed by atoms with van der Waals surface area (Å²) in [6, 6.07) is 10.2. The molecule has 1 atom stereocenters. The van der Waals surface area contributed by atoms with Gasteiger partial charge in [-0.15, -0.1) is 0 Å². The van der Waals surface area contributed by atoms with Gasteiger partial charge in [0.1, 0.15) is 10.6 Å². The average Bonchev–Trinajstić information content (AvgIpc) is 3.22. The standard InChI is InChI=1S/C18H18N4O5S/c1-13(14-3-5-15(6-4-14)21-10-9-19-12-21)20-28(25,26)18-8-7-16(22(23)24)11-17(18)27-2/h3-13,20H,1-2H3. The highest BCUT2D eigenvalue weighted by Crippen LogP contribution is 2.29. The first-order chi connectivity index (χ1) is 13.3. The van der Waals surface area contributed by atoms with Crippen LogP contribution >= 0.6 is 0 Å². The van der Waals surface area contributed by atoms with E-state index < -0.39 is 21.0 Å². The summed E-state index contributed by atoms with van der Waals surface area (Å²) in [4.78, 5) is 14.1. The quantitative estimate of drug-likeness (QED) is 0.480. The molecule has 3 aromatic rings. The Morgan fingerprint density at radius 3 is 2.50 bits per heavy atom. The molecule has 0 fully saturated rings. The minimum atomic E-state index is -3.96. The van der Waals surface area contributed by atoms with Gasteiger partial charge in [-0.1, -0.05) is 12.1 Å². The van der Waals surface area contributed by atoms with Crippen molar-refractivity contribution in [3.8, 4) is 11.4 Å². The maximum atomic E-state index is 12.8. The van der Waals surface area contributed by atoms with Crippen LogP contribution in [0.1, 0.15) is 18.5 Å². The third kappa shape index (κ3) is 4.02. The summed E-state index contributed by atoms with van der Waals surface area (Å²) in [6.45, 7) is 1.71. The minimum absolute atomic E-state index is 0.0932. The molecule has 0 aliphatic carbocycles. The number of nitro groups is 1. The Bertz CT molecular complexity index is 1080. The molecule has 1 heterocycles. The summed E-state index contributed by atoms with van der Waals surface area (Å²) in [5.74, 6) is -0.0932. The first kappa shape index (κ1) is 19.5. The molecule has 0 spiro atoms. The van der Waals surface area contributed by atoms with E-state index >= 15 is 0 Å². The van der Waals surface area contributed by atoms with Crippen molar-refractivity contribution in [1.29, 1.82) is 0 Å². The predicted octanol–water partition coefficient (Wildman–Crippen LogP) is 2.83. The van der Waals surface area contributed by atoms with E-state index in [9.17, 15) is 18.5 Å². The number of imidazole rings is 1. The number of nitrogens with zero attached hydrogens (tertiary/aromatic N) is 3. The van der Waals surface area contributed by atoms with Gasteiger partial charge in [0.15, 0.2) is 0 Å². The second-order valence-electron chi connectivity index (χ2n) is 6.00. The largest absolute Gasteiger partial charge is 0.495 e. The number of rotatable bonds is 7. The van der Waals surface area contributed by atoms with E-state index in [1.165, 1.54) is 7.11 Å². The number of methoxy groups -OCH3 is 1. The fourth-order valence-electron chi connectivity index (χ4n) is 2.70. The number of nitro benzene ring substituents is 1. The Kier molecular flexibility index (Phi) is 5.43. The molecule has 0 radical (unpaired) electrons. The van der Waals surface area contributed by atoms with Gasteiger partial charge >= 0.3 is 0 Å². The number of aromatic nitrogens is 2. The van der Waals surface area contributed by atoms with E-state index in [2.05, 4.69) is 9.71 Å². The number of non-ortho nitro benzene ring substituents is 1. The number of hydrogen-bond acceptors (Lipinski definition) is 6. The second-order valence-corrected chi connectivity index (χ2v) is 7.68. The van der Waals surface area contributed by atoms with Crippen LogP contribution in [-0.4, -0.2) is 30.0 Å². The Balaban J connectivity index is 1.83. The zero-order valence-corrected chi connectivity index (χ0v) is 16.0. The fraction of sp³-hybridized carbons (Fsp3) is 0.167. The molecule has 1 unspecified atom stereocenters. The van der Waals surface area contributed by atoms with Crippen LogP contribution in [0, 0.1) is 10.1 Å². The average molecular weight is 402 g/mol. The molecule has 10 heteroatoms. The summed E-state index contributed by atoms with van der Waals surface area (Å²) >= 11 is 0. The highest BCUT2D eigenvalue weighted by atomic mass is 32.2. The maximum Gasteiger partial charge on any atom is 0.273 e. The van der Waals surface area contributed by atoms with Gasteiger partial charge in [-0.3, -0.25) is 10.1 Å². The van der Waals surface area contributed by atoms with Crippen molar-refractivity contribution in [2.45, 2.75) is 17.9 Å². The van der Waals surface area contributed by atoms with Gasteiger partial charge in [0.2, 0.25) is 10.0 Å². The number of nitrogens with one attached hydrogen (secondary N) is 1. The third-order valence-corrected chi connectivity index (χ3v) is 5.76. The van der Waals surface area contributed by atoms with Gasteiger partial charge in [-0.05, 0) is 30.7 Å². The van der Waals surface area contributed by atoms with Crippen molar-refractivity contribution in [2.75, 3.05) is 7.11 Å². The fourth-order valence-corrected chi connectivity index (χ4v) is 4.09. The molecule has 1 aromatic heterocycles. The Labute approximate surface area is 161 Å². The highest BCUT2D eigenvalue weighted by Gasteiger charge is 2.24. The zero-order valence-electron chi connectivity index (χ0n) is 15.1. The lowest BCUT2D eigenvalue weighted by Gasteiger charge is -2.16. The highest BCUT2D eigenvalue weighted by molar-refractivity contribution is 7.89. The lowest BCUT2D eigenvalue weighted by atomic mass is 10.1. The van der Waals surface area contributed by atoms with Gasteiger partial charge < -0.3 is 9.30 Å². The summed E-state index contributed by atoms with van der Waals surface area (Å²) in [7, 11) is -2.70. The lowest BCUT2D eigenvalue weighted by Crippen LogP contribution is -2.27. The van der Waals surface area contributed by atoms with Crippen molar-refractivity contribution >= 4 is 15.7 Å². The number of benzene rings is 2. The number of sulfonamides is 1. The Morgan fingerprint density at radius 1 is 1.21 bits per heavy atom. The number of hydrogen-bond donors (Lipinski definition) is 1. The minimum Gasteiger partial charge on any atom is -0.495 e. The molecule has 3 rings (SSSR count). The Morgan fingerprint density at radius 2 is 1.93 bits per heavy atom.